The van der Waals surface area contributed by atoms with Gasteiger partial charge in [-0.15, -0.1) is 0 Å². The first-order chi connectivity index (χ1) is 17.1. The monoisotopic (exact) mass is 476 g/mol. The van der Waals surface area contributed by atoms with Gasteiger partial charge in [0.05, 0.1) is 6.61 Å². The fourth-order valence-corrected chi connectivity index (χ4v) is 4.75. The molecule has 1 atom stereocenters. The fraction of sp³-hybridized carbons (Fsp3) is 0.481. The Hall–Kier alpha value is -3.42. The quantitative estimate of drug-likeness (QED) is 0.475. The van der Waals surface area contributed by atoms with Crippen LogP contribution in [0.2, 0.25) is 0 Å². The molecule has 3 aromatic rings. The van der Waals surface area contributed by atoms with Gasteiger partial charge in [-0.1, -0.05) is 19.1 Å². The number of imidazole rings is 1. The lowest BCUT2D eigenvalue weighted by atomic mass is 9.97. The molecule has 1 amide bonds. The number of piperidine rings is 1. The largest absolute Gasteiger partial charge is 0.494 e. The van der Waals surface area contributed by atoms with Gasteiger partial charge < -0.3 is 15.0 Å². The van der Waals surface area contributed by atoms with Crippen molar-refractivity contribution in [3.8, 4) is 11.7 Å². The number of nitrogens with zero attached hydrogens (tertiary/aromatic N) is 5. The average Bonchev–Trinajstić information content (AvgIpc) is 3.40. The molecule has 1 N–H and O–H groups in total. The summed E-state index contributed by atoms with van der Waals surface area (Å²) in [6.45, 7) is 8.33. The predicted octanol–water partition coefficient (Wildman–Crippen LogP) is 4.04. The molecule has 1 saturated heterocycles. The second-order valence-electron chi connectivity index (χ2n) is 8.96. The second kappa shape index (κ2) is 11.8. The van der Waals surface area contributed by atoms with Crippen molar-refractivity contribution in [2.75, 3.05) is 24.6 Å². The Bertz CT molecular complexity index is 1100. The number of aromatic nitrogens is 4. The molecule has 0 saturated carbocycles. The number of rotatable bonds is 10. The van der Waals surface area contributed by atoms with Crippen LogP contribution in [-0.2, 0) is 17.6 Å². The van der Waals surface area contributed by atoms with E-state index in [0.717, 1.165) is 61.5 Å². The van der Waals surface area contributed by atoms with E-state index in [9.17, 15) is 4.79 Å². The van der Waals surface area contributed by atoms with Gasteiger partial charge in [-0.05, 0) is 63.6 Å². The summed E-state index contributed by atoms with van der Waals surface area (Å²) in [5.74, 6) is 2.54. The third-order valence-electron chi connectivity index (χ3n) is 6.56. The number of amides is 1. The number of nitrogens with one attached hydrogen (secondary N) is 1. The minimum absolute atomic E-state index is 0.0893. The maximum absolute atomic E-state index is 12.9. The van der Waals surface area contributed by atoms with Crippen LogP contribution in [0, 0.1) is 6.92 Å². The van der Waals surface area contributed by atoms with Crippen molar-refractivity contribution in [1.82, 2.24) is 24.8 Å². The highest BCUT2D eigenvalue weighted by molar-refractivity contribution is 5.77. The number of aryl methyl sites for hydroxylation is 1. The highest BCUT2D eigenvalue weighted by atomic mass is 16.5. The molecule has 1 fully saturated rings. The molecule has 1 unspecified atom stereocenters. The van der Waals surface area contributed by atoms with E-state index in [-0.39, 0.29) is 11.9 Å². The second-order valence-corrected chi connectivity index (χ2v) is 8.96. The van der Waals surface area contributed by atoms with Crippen LogP contribution >= 0.6 is 0 Å². The normalized spacial score (nSPS) is 15.7. The van der Waals surface area contributed by atoms with Crippen LogP contribution < -0.4 is 15.0 Å². The summed E-state index contributed by atoms with van der Waals surface area (Å²) >= 11 is 0. The van der Waals surface area contributed by atoms with Gasteiger partial charge in [0.1, 0.15) is 17.9 Å². The van der Waals surface area contributed by atoms with Crippen molar-refractivity contribution in [3.05, 3.63) is 59.8 Å². The fourth-order valence-electron chi connectivity index (χ4n) is 4.75. The molecule has 3 heterocycles. The van der Waals surface area contributed by atoms with Gasteiger partial charge >= 0.3 is 0 Å². The summed E-state index contributed by atoms with van der Waals surface area (Å²) in [6.07, 6.45) is 10.6. The zero-order chi connectivity index (χ0) is 24.6. The Labute approximate surface area is 207 Å². The molecule has 0 aliphatic carbocycles. The third kappa shape index (κ3) is 6.18. The predicted molar refractivity (Wildman–Crippen MR) is 137 cm³/mol. The summed E-state index contributed by atoms with van der Waals surface area (Å²) < 4.78 is 7.33. The van der Waals surface area contributed by atoms with Gasteiger partial charge in [0.2, 0.25) is 11.9 Å². The zero-order valence-electron chi connectivity index (χ0n) is 21.0. The van der Waals surface area contributed by atoms with Crippen molar-refractivity contribution in [1.29, 1.82) is 0 Å². The van der Waals surface area contributed by atoms with Crippen LogP contribution in [0.25, 0.3) is 5.95 Å². The number of carbonyl (C=O) groups excluding carboxylic acids is 1. The molecule has 0 radical (unpaired) electrons. The highest BCUT2D eigenvalue weighted by Crippen LogP contribution is 2.30. The van der Waals surface area contributed by atoms with Crippen molar-refractivity contribution >= 4 is 11.7 Å². The van der Waals surface area contributed by atoms with Crippen LogP contribution in [0.1, 0.15) is 56.4 Å². The standard InChI is InChI=1S/C27H36N6O2/c1-4-24-20(3)30-27(32-17-15-28-19-32)31-26(24)33-16-7-6-8-22(33)18-25(34)29-14-13-21-9-11-23(12-10-21)35-5-2/h9-12,15,17,19,22H,4-8,13-14,16,18H2,1-3H3,(H,29,34). The summed E-state index contributed by atoms with van der Waals surface area (Å²) in [4.78, 5) is 29.0. The van der Waals surface area contributed by atoms with Crippen molar-refractivity contribution in [2.24, 2.45) is 0 Å². The molecular formula is C27H36N6O2. The van der Waals surface area contributed by atoms with E-state index in [1.54, 1.807) is 12.5 Å². The molecule has 2 aromatic heterocycles. The molecule has 8 heteroatoms. The highest BCUT2D eigenvalue weighted by Gasteiger charge is 2.28. The van der Waals surface area contributed by atoms with Crippen molar-refractivity contribution in [2.45, 2.75) is 65.3 Å². The van der Waals surface area contributed by atoms with E-state index in [4.69, 9.17) is 14.7 Å². The van der Waals surface area contributed by atoms with Crippen molar-refractivity contribution < 1.29 is 9.53 Å². The SMILES string of the molecule is CCOc1ccc(CCNC(=O)CC2CCCCN2c2nc(-n3ccnc3)nc(C)c2CC)cc1. The maximum Gasteiger partial charge on any atom is 0.237 e. The Morgan fingerprint density at radius 2 is 2.00 bits per heavy atom. The minimum atomic E-state index is 0.0893. The first-order valence-electron chi connectivity index (χ1n) is 12.7. The average molecular weight is 477 g/mol. The zero-order valence-corrected chi connectivity index (χ0v) is 21.0. The number of ether oxygens (including phenoxy) is 1. The van der Waals surface area contributed by atoms with E-state index in [2.05, 4.69) is 34.3 Å². The summed E-state index contributed by atoms with van der Waals surface area (Å²) in [5.41, 5.74) is 3.31. The van der Waals surface area contributed by atoms with Gasteiger partial charge in [-0.3, -0.25) is 9.36 Å². The molecular weight excluding hydrogens is 440 g/mol. The lowest BCUT2D eigenvalue weighted by Gasteiger charge is -2.37. The van der Waals surface area contributed by atoms with E-state index in [0.29, 0.717) is 25.5 Å². The van der Waals surface area contributed by atoms with Gasteiger partial charge in [0.25, 0.3) is 0 Å². The van der Waals surface area contributed by atoms with Gasteiger partial charge in [0, 0.05) is 49.2 Å². The number of benzene rings is 1. The van der Waals surface area contributed by atoms with Gasteiger partial charge in [-0.25, -0.2) is 9.97 Å². The molecule has 1 aliphatic heterocycles. The number of carbonyl (C=O) groups is 1. The molecule has 186 valence electrons. The number of hydrogen-bond acceptors (Lipinski definition) is 6. The van der Waals surface area contributed by atoms with E-state index < -0.39 is 0 Å². The van der Waals surface area contributed by atoms with Crippen LogP contribution in [0.15, 0.2) is 43.0 Å². The van der Waals surface area contributed by atoms with Gasteiger partial charge in [0.15, 0.2) is 0 Å². The lowest BCUT2D eigenvalue weighted by molar-refractivity contribution is -0.121. The third-order valence-corrected chi connectivity index (χ3v) is 6.56. The minimum Gasteiger partial charge on any atom is -0.494 e. The summed E-state index contributed by atoms with van der Waals surface area (Å²) in [7, 11) is 0. The molecule has 35 heavy (non-hydrogen) atoms. The Morgan fingerprint density at radius 1 is 1.17 bits per heavy atom. The Morgan fingerprint density at radius 3 is 2.71 bits per heavy atom. The summed E-state index contributed by atoms with van der Waals surface area (Å²) in [6, 6.07) is 8.20. The Kier molecular flexibility index (Phi) is 8.34. The molecule has 4 rings (SSSR count). The molecule has 8 nitrogen and oxygen atoms in total. The van der Waals surface area contributed by atoms with Crippen LogP contribution in [0.3, 0.4) is 0 Å². The van der Waals surface area contributed by atoms with E-state index >= 15 is 0 Å². The first kappa shape index (κ1) is 24.7. The maximum atomic E-state index is 12.9. The first-order valence-corrected chi connectivity index (χ1v) is 12.7. The van der Waals surface area contributed by atoms with E-state index in [1.807, 2.05) is 36.7 Å². The Balaban J connectivity index is 1.42. The molecule has 1 aliphatic rings. The molecule has 1 aromatic carbocycles. The van der Waals surface area contributed by atoms with Crippen LogP contribution in [-0.4, -0.2) is 51.2 Å². The van der Waals surface area contributed by atoms with Gasteiger partial charge in [-0.2, -0.15) is 4.98 Å². The number of anilines is 1. The van der Waals surface area contributed by atoms with Crippen LogP contribution in [0.5, 0.6) is 5.75 Å². The topological polar surface area (TPSA) is 85.2 Å². The van der Waals surface area contributed by atoms with E-state index in [1.165, 1.54) is 5.56 Å². The molecule has 0 bridgehead atoms. The van der Waals surface area contributed by atoms with Crippen molar-refractivity contribution in [3.63, 3.8) is 0 Å². The summed E-state index contributed by atoms with van der Waals surface area (Å²) in [5, 5.41) is 3.12. The number of hydrogen-bond donors (Lipinski definition) is 1. The smallest absolute Gasteiger partial charge is 0.237 e. The van der Waals surface area contributed by atoms with Crippen LogP contribution in [0.4, 0.5) is 5.82 Å². The molecule has 0 spiro atoms. The lowest BCUT2D eigenvalue weighted by Crippen LogP contribution is -2.44.